The second-order valence-corrected chi connectivity index (χ2v) is 3.38. The Morgan fingerprint density at radius 2 is 2.18 bits per heavy atom. The Kier molecular flexibility index (Phi) is 10.1. The molecule has 100 valence electrons. The number of aromatic nitrogens is 1. The average molecular weight is 284 g/mol. The molecule has 0 bridgehead atoms. The van der Waals surface area contributed by atoms with Gasteiger partial charge >= 0.3 is 0 Å². The summed E-state index contributed by atoms with van der Waals surface area (Å²) in [7, 11) is 1.85. The minimum atomic E-state index is -0.178. The molecule has 1 aromatic heterocycles. The van der Waals surface area contributed by atoms with Crippen LogP contribution in [0.5, 0.6) is 0 Å². The van der Waals surface area contributed by atoms with Crippen molar-refractivity contribution < 1.29 is 9.21 Å². The summed E-state index contributed by atoms with van der Waals surface area (Å²) in [5.74, 6) is 0.451. The van der Waals surface area contributed by atoms with Gasteiger partial charge in [-0.25, -0.2) is 4.98 Å². The number of carbonyl (C=O) groups excluding carboxylic acids is 1. The van der Waals surface area contributed by atoms with E-state index in [1.54, 1.807) is 0 Å². The third-order valence-electron chi connectivity index (χ3n) is 2.24. The molecule has 1 atom stereocenters. The van der Waals surface area contributed by atoms with Crippen LogP contribution in [-0.2, 0) is 6.42 Å². The van der Waals surface area contributed by atoms with Crippen LogP contribution in [0.2, 0.25) is 0 Å². The van der Waals surface area contributed by atoms with Crippen LogP contribution in [-0.4, -0.2) is 30.5 Å². The lowest BCUT2D eigenvalue weighted by Crippen LogP contribution is -2.37. The van der Waals surface area contributed by atoms with Gasteiger partial charge in [0.05, 0.1) is 0 Å². The average Bonchev–Trinajstić information content (AvgIpc) is 2.73. The van der Waals surface area contributed by atoms with Gasteiger partial charge in [0.1, 0.15) is 5.76 Å². The van der Waals surface area contributed by atoms with E-state index in [9.17, 15) is 4.79 Å². The molecule has 1 amide bonds. The molecule has 1 unspecified atom stereocenters. The van der Waals surface area contributed by atoms with Gasteiger partial charge in [0.15, 0.2) is 12.1 Å². The number of aryl methyl sites for hydroxylation is 1. The molecule has 7 heteroatoms. The van der Waals surface area contributed by atoms with Crippen molar-refractivity contribution in [3.63, 3.8) is 0 Å². The summed E-state index contributed by atoms with van der Waals surface area (Å²) in [5, 5.41) is 5.82. The van der Waals surface area contributed by atoms with Crippen molar-refractivity contribution in [2.24, 2.45) is 0 Å². The first-order valence-corrected chi connectivity index (χ1v) is 5.06. The van der Waals surface area contributed by atoms with E-state index in [4.69, 9.17) is 4.42 Å². The van der Waals surface area contributed by atoms with Crippen LogP contribution in [0, 0.1) is 0 Å². The summed E-state index contributed by atoms with van der Waals surface area (Å²) in [6.45, 7) is 4.49. The van der Waals surface area contributed by atoms with Crippen molar-refractivity contribution in [1.29, 1.82) is 0 Å². The number of carbonyl (C=O) groups is 1. The van der Waals surface area contributed by atoms with Crippen molar-refractivity contribution in [2.75, 3.05) is 13.6 Å². The quantitative estimate of drug-likeness (QED) is 0.858. The minimum Gasteiger partial charge on any atom is -0.448 e. The molecule has 0 aliphatic heterocycles. The SMILES string of the molecule is CCc1ocnc1C(=O)NCC(C)NC.Cl.Cl. The Bertz CT molecular complexity index is 331. The number of rotatable bonds is 5. The lowest BCUT2D eigenvalue weighted by atomic mass is 10.2. The molecule has 1 rings (SSSR count). The molecule has 1 heterocycles. The van der Waals surface area contributed by atoms with Crippen molar-refractivity contribution in [2.45, 2.75) is 26.3 Å². The van der Waals surface area contributed by atoms with Gasteiger partial charge in [-0.1, -0.05) is 6.92 Å². The number of nitrogens with one attached hydrogen (secondary N) is 2. The molecule has 0 aliphatic carbocycles. The van der Waals surface area contributed by atoms with E-state index in [2.05, 4.69) is 15.6 Å². The van der Waals surface area contributed by atoms with E-state index >= 15 is 0 Å². The van der Waals surface area contributed by atoms with E-state index < -0.39 is 0 Å². The number of hydrogen-bond acceptors (Lipinski definition) is 4. The third-order valence-corrected chi connectivity index (χ3v) is 2.24. The molecule has 1 aromatic rings. The largest absolute Gasteiger partial charge is 0.448 e. The summed E-state index contributed by atoms with van der Waals surface area (Å²) in [4.78, 5) is 15.5. The fourth-order valence-corrected chi connectivity index (χ4v) is 1.14. The van der Waals surface area contributed by atoms with Crippen LogP contribution < -0.4 is 10.6 Å². The zero-order chi connectivity index (χ0) is 11.3. The second kappa shape index (κ2) is 9.27. The van der Waals surface area contributed by atoms with E-state index in [0.29, 0.717) is 24.4 Å². The summed E-state index contributed by atoms with van der Waals surface area (Å²) >= 11 is 0. The Balaban J connectivity index is 0. The molecule has 0 saturated carbocycles. The number of hydrogen-bond donors (Lipinski definition) is 2. The molecule has 0 aromatic carbocycles. The summed E-state index contributed by atoms with van der Waals surface area (Å²) in [6.07, 6.45) is 1.97. The molecule has 17 heavy (non-hydrogen) atoms. The van der Waals surface area contributed by atoms with E-state index in [1.807, 2.05) is 20.9 Å². The van der Waals surface area contributed by atoms with Gasteiger partial charge in [-0.2, -0.15) is 0 Å². The van der Waals surface area contributed by atoms with Gasteiger partial charge in [0, 0.05) is 19.0 Å². The first-order chi connectivity index (χ1) is 7.19. The van der Waals surface area contributed by atoms with Crippen molar-refractivity contribution >= 4 is 30.7 Å². The van der Waals surface area contributed by atoms with Crippen molar-refractivity contribution in [3.05, 3.63) is 17.8 Å². The highest BCUT2D eigenvalue weighted by Crippen LogP contribution is 2.06. The third kappa shape index (κ3) is 5.39. The number of likely N-dealkylation sites (N-methyl/N-ethyl adjacent to an activating group) is 1. The smallest absolute Gasteiger partial charge is 0.273 e. The maximum Gasteiger partial charge on any atom is 0.273 e. The zero-order valence-corrected chi connectivity index (χ0v) is 11.8. The fraction of sp³-hybridized carbons (Fsp3) is 0.600. The Morgan fingerprint density at radius 3 is 2.71 bits per heavy atom. The Hall–Kier alpha value is -0.780. The fourth-order valence-electron chi connectivity index (χ4n) is 1.14. The molecule has 0 radical (unpaired) electrons. The van der Waals surface area contributed by atoms with Gasteiger partial charge in [-0.3, -0.25) is 4.79 Å². The van der Waals surface area contributed by atoms with Gasteiger partial charge in [-0.15, -0.1) is 24.8 Å². The lowest BCUT2D eigenvalue weighted by molar-refractivity contribution is 0.0944. The first kappa shape index (κ1) is 18.6. The van der Waals surface area contributed by atoms with E-state index in [0.717, 1.165) is 0 Å². The van der Waals surface area contributed by atoms with Crippen LogP contribution in [0.1, 0.15) is 30.1 Å². The molecule has 5 nitrogen and oxygen atoms in total. The predicted octanol–water partition coefficient (Wildman–Crippen LogP) is 1.42. The highest BCUT2D eigenvalue weighted by molar-refractivity contribution is 5.93. The second-order valence-electron chi connectivity index (χ2n) is 3.38. The maximum atomic E-state index is 11.6. The Morgan fingerprint density at radius 1 is 1.53 bits per heavy atom. The molecule has 0 saturated heterocycles. The zero-order valence-electron chi connectivity index (χ0n) is 10.1. The maximum absolute atomic E-state index is 11.6. The van der Waals surface area contributed by atoms with Crippen LogP contribution in [0.15, 0.2) is 10.8 Å². The standard InChI is InChI=1S/C10H17N3O2.2ClH/c1-4-8-9(13-6-15-8)10(14)12-5-7(2)11-3;;/h6-7,11H,4-5H2,1-3H3,(H,12,14);2*1H. The molecule has 0 spiro atoms. The number of nitrogens with zero attached hydrogens (tertiary/aromatic N) is 1. The molecule has 0 fully saturated rings. The Labute approximate surface area is 114 Å². The van der Waals surface area contributed by atoms with Crippen LogP contribution >= 0.6 is 24.8 Å². The lowest BCUT2D eigenvalue weighted by Gasteiger charge is -2.10. The number of halogens is 2. The predicted molar refractivity (Wildman–Crippen MR) is 71.2 cm³/mol. The van der Waals surface area contributed by atoms with Crippen molar-refractivity contribution in [3.8, 4) is 0 Å². The molecule has 2 N–H and O–H groups in total. The summed E-state index contributed by atoms with van der Waals surface area (Å²) in [5.41, 5.74) is 0.390. The van der Waals surface area contributed by atoms with E-state index in [-0.39, 0.29) is 36.8 Å². The highest BCUT2D eigenvalue weighted by Gasteiger charge is 2.15. The monoisotopic (exact) mass is 283 g/mol. The molecular weight excluding hydrogens is 265 g/mol. The van der Waals surface area contributed by atoms with Gasteiger partial charge in [0.25, 0.3) is 5.91 Å². The van der Waals surface area contributed by atoms with E-state index in [1.165, 1.54) is 6.39 Å². The van der Waals surface area contributed by atoms with Crippen LogP contribution in [0.25, 0.3) is 0 Å². The number of amides is 1. The number of oxazole rings is 1. The first-order valence-electron chi connectivity index (χ1n) is 5.06. The van der Waals surface area contributed by atoms with Gasteiger partial charge in [0.2, 0.25) is 0 Å². The molecular formula is C10H19Cl2N3O2. The summed E-state index contributed by atoms with van der Waals surface area (Å²) in [6, 6.07) is 0.242. The normalized spacial score (nSPS) is 11.0. The van der Waals surface area contributed by atoms with Crippen molar-refractivity contribution in [1.82, 2.24) is 15.6 Å². The van der Waals surface area contributed by atoms with Gasteiger partial charge in [-0.05, 0) is 14.0 Å². The van der Waals surface area contributed by atoms with Crippen LogP contribution in [0.3, 0.4) is 0 Å². The highest BCUT2D eigenvalue weighted by atomic mass is 35.5. The summed E-state index contributed by atoms with van der Waals surface area (Å²) < 4.78 is 5.08. The minimum absolute atomic E-state index is 0. The van der Waals surface area contributed by atoms with Gasteiger partial charge < -0.3 is 15.1 Å². The molecule has 0 aliphatic rings. The van der Waals surface area contributed by atoms with Crippen LogP contribution in [0.4, 0.5) is 0 Å². The topological polar surface area (TPSA) is 67.2 Å².